The van der Waals surface area contributed by atoms with Crippen molar-refractivity contribution in [3.63, 3.8) is 0 Å². The molecule has 122 valence electrons. The highest BCUT2D eigenvalue weighted by Gasteiger charge is 2.10. The van der Waals surface area contributed by atoms with Crippen molar-refractivity contribution < 1.29 is 0 Å². The summed E-state index contributed by atoms with van der Waals surface area (Å²) in [6, 6.07) is 0. The molecule has 0 fully saturated rings. The van der Waals surface area contributed by atoms with Crippen LogP contribution in [0.3, 0.4) is 0 Å². The summed E-state index contributed by atoms with van der Waals surface area (Å²) in [5.74, 6) is 3.68. The fraction of sp³-hybridized carbons (Fsp3) is 1.00. The maximum absolute atomic E-state index is 2.43. The van der Waals surface area contributed by atoms with Crippen LogP contribution in [0.2, 0.25) is 0 Å². The van der Waals surface area contributed by atoms with Gasteiger partial charge in [-0.2, -0.15) is 0 Å². The van der Waals surface area contributed by atoms with Crippen molar-refractivity contribution in [2.45, 2.75) is 106 Å². The van der Waals surface area contributed by atoms with Crippen LogP contribution in [0.5, 0.6) is 0 Å². The van der Waals surface area contributed by atoms with Crippen molar-refractivity contribution >= 4 is 0 Å². The predicted molar refractivity (Wildman–Crippen MR) is 94.2 cm³/mol. The van der Waals surface area contributed by atoms with E-state index >= 15 is 0 Å². The molecule has 0 heterocycles. The van der Waals surface area contributed by atoms with Crippen molar-refractivity contribution in [3.8, 4) is 0 Å². The number of hydrogen-bond donors (Lipinski definition) is 0. The molecule has 0 N–H and O–H groups in total. The molecule has 0 spiro atoms. The zero-order valence-corrected chi connectivity index (χ0v) is 15.4. The summed E-state index contributed by atoms with van der Waals surface area (Å²) in [5, 5.41) is 0. The maximum atomic E-state index is 2.43. The van der Waals surface area contributed by atoms with Crippen molar-refractivity contribution in [1.29, 1.82) is 0 Å². The molecule has 0 aliphatic heterocycles. The van der Waals surface area contributed by atoms with Crippen molar-refractivity contribution in [3.05, 3.63) is 0 Å². The molecule has 0 nitrogen and oxygen atoms in total. The van der Waals surface area contributed by atoms with Gasteiger partial charge >= 0.3 is 0 Å². The first-order valence-corrected chi connectivity index (χ1v) is 9.45. The van der Waals surface area contributed by atoms with Crippen LogP contribution in [0.1, 0.15) is 106 Å². The molecule has 0 aromatic heterocycles. The molecule has 0 saturated carbocycles. The first-order chi connectivity index (χ1) is 9.45. The zero-order chi connectivity index (χ0) is 15.4. The minimum Gasteiger partial charge on any atom is -0.0654 e. The molecule has 0 aliphatic carbocycles. The van der Waals surface area contributed by atoms with Gasteiger partial charge in [0.05, 0.1) is 0 Å². The Morgan fingerprint density at radius 3 is 1.65 bits per heavy atom. The minimum absolute atomic E-state index is 0.871. The summed E-state index contributed by atoms with van der Waals surface area (Å²) < 4.78 is 0. The van der Waals surface area contributed by atoms with Crippen LogP contribution in [-0.2, 0) is 0 Å². The SMILES string of the molecule is CCCC(CCCCCCC(C)CC(C)C)CC(C)C. The average Bonchev–Trinajstić information content (AvgIpc) is 2.32. The second-order valence-electron chi connectivity index (χ2n) is 8.01. The molecule has 0 radical (unpaired) electrons. The van der Waals surface area contributed by atoms with E-state index in [2.05, 4.69) is 41.5 Å². The molecule has 0 aliphatic rings. The van der Waals surface area contributed by atoms with Gasteiger partial charge in [0.15, 0.2) is 0 Å². The lowest BCUT2D eigenvalue weighted by Gasteiger charge is -2.18. The molecule has 0 heteroatoms. The molecule has 20 heavy (non-hydrogen) atoms. The molecule has 0 amide bonds. The lowest BCUT2D eigenvalue weighted by molar-refractivity contribution is 0.345. The van der Waals surface area contributed by atoms with Gasteiger partial charge in [-0.3, -0.25) is 0 Å². The molecule has 0 rings (SSSR count). The van der Waals surface area contributed by atoms with E-state index in [1.54, 1.807) is 0 Å². The first kappa shape index (κ1) is 20.0. The fourth-order valence-electron chi connectivity index (χ4n) is 3.66. The second-order valence-corrected chi connectivity index (χ2v) is 8.01. The van der Waals surface area contributed by atoms with E-state index in [1.165, 1.54) is 64.2 Å². The van der Waals surface area contributed by atoms with Crippen LogP contribution >= 0.6 is 0 Å². The molecule has 0 aromatic carbocycles. The van der Waals surface area contributed by atoms with Gasteiger partial charge in [-0.15, -0.1) is 0 Å². The van der Waals surface area contributed by atoms with Crippen LogP contribution in [0, 0.1) is 23.7 Å². The van der Waals surface area contributed by atoms with Gasteiger partial charge in [0, 0.05) is 0 Å². The van der Waals surface area contributed by atoms with Crippen LogP contribution in [0.25, 0.3) is 0 Å². The molecule has 2 atom stereocenters. The van der Waals surface area contributed by atoms with Crippen molar-refractivity contribution in [2.24, 2.45) is 23.7 Å². The predicted octanol–water partition coefficient (Wildman–Crippen LogP) is 7.47. The normalized spacial score (nSPS) is 15.0. The quantitative estimate of drug-likeness (QED) is 0.307. The highest BCUT2D eigenvalue weighted by Crippen LogP contribution is 2.24. The summed E-state index contributed by atoms with van der Waals surface area (Å²) in [7, 11) is 0. The molecule has 0 saturated heterocycles. The van der Waals surface area contributed by atoms with Gasteiger partial charge in [0.2, 0.25) is 0 Å². The van der Waals surface area contributed by atoms with Gasteiger partial charge in [-0.25, -0.2) is 0 Å². The van der Waals surface area contributed by atoms with Crippen LogP contribution < -0.4 is 0 Å². The summed E-state index contributed by atoms with van der Waals surface area (Å²) in [6.07, 6.45) is 14.4. The van der Waals surface area contributed by atoms with Crippen LogP contribution in [0.15, 0.2) is 0 Å². The zero-order valence-electron chi connectivity index (χ0n) is 15.4. The Bertz CT molecular complexity index is 192. The van der Waals surface area contributed by atoms with Crippen molar-refractivity contribution in [1.82, 2.24) is 0 Å². The third-order valence-electron chi connectivity index (χ3n) is 4.43. The third kappa shape index (κ3) is 13.0. The van der Waals surface area contributed by atoms with E-state index in [-0.39, 0.29) is 0 Å². The molecular weight excluding hydrogens is 240 g/mol. The Labute approximate surface area is 130 Å². The Hall–Kier alpha value is 0. The second kappa shape index (κ2) is 12.7. The molecule has 0 bridgehead atoms. The lowest BCUT2D eigenvalue weighted by atomic mass is 9.88. The van der Waals surface area contributed by atoms with E-state index in [4.69, 9.17) is 0 Å². The monoisotopic (exact) mass is 282 g/mol. The van der Waals surface area contributed by atoms with Gasteiger partial charge in [-0.05, 0) is 36.5 Å². The summed E-state index contributed by atoms with van der Waals surface area (Å²) in [4.78, 5) is 0. The highest BCUT2D eigenvalue weighted by molar-refractivity contribution is 4.62. The third-order valence-corrected chi connectivity index (χ3v) is 4.43. The molecule has 2 unspecified atom stereocenters. The van der Waals surface area contributed by atoms with Gasteiger partial charge in [0.1, 0.15) is 0 Å². The Morgan fingerprint density at radius 2 is 1.15 bits per heavy atom. The first-order valence-electron chi connectivity index (χ1n) is 9.45. The van der Waals surface area contributed by atoms with E-state index in [0.717, 1.165) is 23.7 Å². The Balaban J connectivity index is 3.53. The maximum Gasteiger partial charge on any atom is -0.0412 e. The number of unbranched alkanes of at least 4 members (excludes halogenated alkanes) is 3. The van der Waals surface area contributed by atoms with Gasteiger partial charge in [0.25, 0.3) is 0 Å². The Morgan fingerprint density at radius 1 is 0.600 bits per heavy atom. The number of hydrogen-bond acceptors (Lipinski definition) is 0. The fourth-order valence-corrected chi connectivity index (χ4v) is 3.66. The molecule has 0 aromatic rings. The van der Waals surface area contributed by atoms with Gasteiger partial charge in [-0.1, -0.05) is 92.9 Å². The highest BCUT2D eigenvalue weighted by atomic mass is 14.2. The smallest absolute Gasteiger partial charge is 0.0412 e. The lowest BCUT2D eigenvalue weighted by Crippen LogP contribution is -2.04. The van der Waals surface area contributed by atoms with Crippen molar-refractivity contribution in [2.75, 3.05) is 0 Å². The average molecular weight is 283 g/mol. The van der Waals surface area contributed by atoms with E-state index in [0.29, 0.717) is 0 Å². The van der Waals surface area contributed by atoms with Gasteiger partial charge < -0.3 is 0 Å². The summed E-state index contributed by atoms with van der Waals surface area (Å²) in [6.45, 7) is 14.2. The van der Waals surface area contributed by atoms with Crippen LogP contribution in [-0.4, -0.2) is 0 Å². The molecular formula is C20H42. The van der Waals surface area contributed by atoms with E-state index < -0.39 is 0 Å². The summed E-state index contributed by atoms with van der Waals surface area (Å²) >= 11 is 0. The van der Waals surface area contributed by atoms with E-state index in [1.807, 2.05) is 0 Å². The van der Waals surface area contributed by atoms with E-state index in [9.17, 15) is 0 Å². The number of rotatable bonds is 13. The topological polar surface area (TPSA) is 0 Å². The standard InChI is InChI=1S/C20H42/c1-7-12-20(16-18(4)5)14-11-9-8-10-13-19(6)15-17(2)3/h17-20H,7-16H2,1-6H3. The largest absolute Gasteiger partial charge is 0.0654 e. The van der Waals surface area contributed by atoms with Crippen LogP contribution in [0.4, 0.5) is 0 Å². The Kier molecular flexibility index (Phi) is 12.7. The summed E-state index contributed by atoms with van der Waals surface area (Å²) in [5.41, 5.74) is 0. The minimum atomic E-state index is 0.871.